The van der Waals surface area contributed by atoms with Crippen LogP contribution in [0.5, 0.6) is 0 Å². The Morgan fingerprint density at radius 1 is 0.971 bits per heavy atom. The lowest BCUT2D eigenvalue weighted by atomic mass is 9.86. The van der Waals surface area contributed by atoms with Gasteiger partial charge in [0.05, 0.1) is 19.6 Å². The second-order valence-corrected chi connectivity index (χ2v) is 9.09. The molecular formula is C26H34N2O6. The molecule has 0 aromatic heterocycles. The summed E-state index contributed by atoms with van der Waals surface area (Å²) in [6.07, 6.45) is -1.89. The van der Waals surface area contributed by atoms with Crippen LogP contribution in [-0.2, 0) is 37.5 Å². The molecule has 0 radical (unpaired) electrons. The number of nitrogens with one attached hydrogen (secondary N) is 2. The summed E-state index contributed by atoms with van der Waals surface area (Å²) in [6.45, 7) is 6.27. The van der Waals surface area contributed by atoms with E-state index < -0.39 is 30.1 Å². The fourth-order valence-electron chi connectivity index (χ4n) is 3.23. The highest BCUT2D eigenvalue weighted by molar-refractivity contribution is 5.85. The van der Waals surface area contributed by atoms with E-state index in [-0.39, 0.29) is 31.4 Å². The molecule has 0 spiro atoms. The molecule has 0 saturated heterocycles. The standard InChI is InChI=1S/C26H34N2O6/c1-26(2,3)20-12-10-18(11-13-20)14-22(24(31)33-4)28-23(30)15-21(29)16-27-25(32)34-17-19-8-6-5-7-9-19/h5-13,21-22,29H,14-17H2,1-4H3,(H,27,32)(H,28,30)/t21-,22-/m1/s1. The molecule has 34 heavy (non-hydrogen) atoms. The predicted octanol–water partition coefficient (Wildman–Crippen LogP) is 2.86. The highest BCUT2D eigenvalue weighted by Gasteiger charge is 2.24. The Labute approximate surface area is 200 Å². The number of hydrogen-bond donors (Lipinski definition) is 3. The zero-order chi connectivity index (χ0) is 25.1. The number of ether oxygens (including phenoxy) is 2. The molecule has 2 rings (SSSR count). The molecule has 0 unspecified atom stereocenters. The fourth-order valence-corrected chi connectivity index (χ4v) is 3.23. The van der Waals surface area contributed by atoms with Gasteiger partial charge in [0.1, 0.15) is 12.6 Å². The van der Waals surface area contributed by atoms with E-state index in [0.717, 1.165) is 16.7 Å². The summed E-state index contributed by atoms with van der Waals surface area (Å²) in [5, 5.41) is 15.1. The minimum atomic E-state index is -1.14. The molecule has 0 aliphatic heterocycles. The quantitative estimate of drug-likeness (QED) is 0.460. The van der Waals surface area contributed by atoms with Gasteiger partial charge in [-0.05, 0) is 22.1 Å². The Balaban J connectivity index is 1.81. The minimum Gasteiger partial charge on any atom is -0.467 e. The van der Waals surface area contributed by atoms with E-state index in [2.05, 4.69) is 31.4 Å². The Kier molecular flexibility index (Phi) is 10.1. The van der Waals surface area contributed by atoms with Gasteiger partial charge < -0.3 is 25.2 Å². The van der Waals surface area contributed by atoms with Crippen LogP contribution in [0.2, 0.25) is 0 Å². The fraction of sp³-hybridized carbons (Fsp3) is 0.423. The number of amides is 2. The number of aliphatic hydroxyl groups is 1. The Morgan fingerprint density at radius 2 is 1.62 bits per heavy atom. The molecule has 184 valence electrons. The van der Waals surface area contributed by atoms with Gasteiger partial charge in [-0.3, -0.25) is 4.79 Å². The topological polar surface area (TPSA) is 114 Å². The second-order valence-electron chi connectivity index (χ2n) is 9.09. The molecule has 3 N–H and O–H groups in total. The summed E-state index contributed by atoms with van der Waals surface area (Å²) in [6, 6.07) is 16.1. The summed E-state index contributed by atoms with van der Waals surface area (Å²) < 4.78 is 9.89. The van der Waals surface area contributed by atoms with E-state index in [9.17, 15) is 19.5 Å². The van der Waals surface area contributed by atoms with Crippen molar-refractivity contribution in [2.24, 2.45) is 0 Å². The number of aliphatic hydroxyl groups excluding tert-OH is 1. The van der Waals surface area contributed by atoms with Crippen molar-refractivity contribution in [3.8, 4) is 0 Å². The molecule has 0 heterocycles. The Bertz CT molecular complexity index is 938. The molecule has 2 amide bonds. The molecule has 0 aliphatic rings. The maximum absolute atomic E-state index is 12.4. The number of methoxy groups -OCH3 is 1. The molecule has 0 fully saturated rings. The van der Waals surface area contributed by atoms with Crippen LogP contribution < -0.4 is 10.6 Å². The zero-order valence-electron chi connectivity index (χ0n) is 20.2. The van der Waals surface area contributed by atoms with E-state index >= 15 is 0 Å². The Morgan fingerprint density at radius 3 is 2.21 bits per heavy atom. The molecule has 2 atom stereocenters. The third kappa shape index (κ3) is 9.23. The average Bonchev–Trinajstić information content (AvgIpc) is 2.80. The highest BCUT2D eigenvalue weighted by atomic mass is 16.5. The van der Waals surface area contributed by atoms with Gasteiger partial charge in [-0.2, -0.15) is 0 Å². The summed E-state index contributed by atoms with van der Waals surface area (Å²) in [5.74, 6) is -1.11. The monoisotopic (exact) mass is 470 g/mol. The van der Waals surface area contributed by atoms with Crippen LogP contribution in [-0.4, -0.2) is 48.9 Å². The summed E-state index contributed by atoms with van der Waals surface area (Å²) in [7, 11) is 1.25. The molecule has 0 saturated carbocycles. The van der Waals surface area contributed by atoms with Gasteiger partial charge in [0, 0.05) is 13.0 Å². The van der Waals surface area contributed by atoms with E-state index in [0.29, 0.717) is 0 Å². The smallest absolute Gasteiger partial charge is 0.407 e. The van der Waals surface area contributed by atoms with Crippen LogP contribution >= 0.6 is 0 Å². The molecule has 0 aliphatic carbocycles. The number of esters is 1. The van der Waals surface area contributed by atoms with Crippen LogP contribution in [0, 0.1) is 0 Å². The average molecular weight is 471 g/mol. The molecule has 0 bridgehead atoms. The lowest BCUT2D eigenvalue weighted by Crippen LogP contribution is -2.45. The van der Waals surface area contributed by atoms with Crippen molar-refractivity contribution in [2.75, 3.05) is 13.7 Å². The second kappa shape index (κ2) is 12.7. The van der Waals surface area contributed by atoms with Crippen molar-refractivity contribution in [2.45, 2.75) is 57.8 Å². The highest BCUT2D eigenvalue weighted by Crippen LogP contribution is 2.22. The van der Waals surface area contributed by atoms with Gasteiger partial charge in [0.25, 0.3) is 0 Å². The van der Waals surface area contributed by atoms with Gasteiger partial charge in [-0.1, -0.05) is 75.4 Å². The lowest BCUT2D eigenvalue weighted by molar-refractivity contribution is -0.145. The van der Waals surface area contributed by atoms with E-state index in [1.807, 2.05) is 54.6 Å². The Hall–Kier alpha value is -3.39. The molecular weight excluding hydrogens is 436 g/mol. The normalized spacial score (nSPS) is 12.9. The third-order valence-electron chi connectivity index (χ3n) is 5.20. The van der Waals surface area contributed by atoms with Gasteiger partial charge >= 0.3 is 12.1 Å². The SMILES string of the molecule is COC(=O)[C@@H](Cc1ccc(C(C)(C)C)cc1)NC(=O)C[C@@H](O)CNC(=O)OCc1ccccc1. The molecule has 2 aromatic carbocycles. The zero-order valence-corrected chi connectivity index (χ0v) is 20.2. The van der Waals surface area contributed by atoms with Crippen LogP contribution in [0.3, 0.4) is 0 Å². The number of hydrogen-bond acceptors (Lipinski definition) is 6. The maximum atomic E-state index is 12.4. The van der Waals surface area contributed by atoms with E-state index in [1.165, 1.54) is 7.11 Å². The first kappa shape index (κ1) is 26.9. The van der Waals surface area contributed by atoms with Gasteiger partial charge in [-0.15, -0.1) is 0 Å². The minimum absolute atomic E-state index is 0.00659. The maximum Gasteiger partial charge on any atom is 0.407 e. The first-order valence-corrected chi connectivity index (χ1v) is 11.2. The van der Waals surface area contributed by atoms with Crippen molar-refractivity contribution in [3.05, 3.63) is 71.3 Å². The van der Waals surface area contributed by atoms with Crippen molar-refractivity contribution < 1.29 is 29.0 Å². The van der Waals surface area contributed by atoms with Crippen molar-refractivity contribution in [1.82, 2.24) is 10.6 Å². The van der Waals surface area contributed by atoms with Crippen molar-refractivity contribution >= 4 is 18.0 Å². The largest absolute Gasteiger partial charge is 0.467 e. The number of rotatable bonds is 10. The molecule has 2 aromatic rings. The molecule has 8 nitrogen and oxygen atoms in total. The van der Waals surface area contributed by atoms with E-state index in [1.54, 1.807) is 0 Å². The van der Waals surface area contributed by atoms with Gasteiger partial charge in [-0.25, -0.2) is 9.59 Å². The van der Waals surface area contributed by atoms with Crippen LogP contribution in [0.4, 0.5) is 4.79 Å². The van der Waals surface area contributed by atoms with Crippen molar-refractivity contribution in [3.63, 3.8) is 0 Å². The number of carbonyl (C=O) groups excluding carboxylic acids is 3. The van der Waals surface area contributed by atoms with Crippen LogP contribution in [0.15, 0.2) is 54.6 Å². The predicted molar refractivity (Wildman–Crippen MR) is 128 cm³/mol. The number of alkyl carbamates (subject to hydrolysis) is 1. The summed E-state index contributed by atoms with van der Waals surface area (Å²) in [4.78, 5) is 36.4. The lowest BCUT2D eigenvalue weighted by Gasteiger charge is -2.21. The molecule has 8 heteroatoms. The first-order chi connectivity index (χ1) is 16.1. The number of carbonyl (C=O) groups is 3. The van der Waals surface area contributed by atoms with Crippen molar-refractivity contribution in [1.29, 1.82) is 0 Å². The van der Waals surface area contributed by atoms with Crippen LogP contribution in [0.1, 0.15) is 43.9 Å². The van der Waals surface area contributed by atoms with Crippen LogP contribution in [0.25, 0.3) is 0 Å². The van der Waals surface area contributed by atoms with Gasteiger partial charge in [0.15, 0.2) is 0 Å². The first-order valence-electron chi connectivity index (χ1n) is 11.2. The van der Waals surface area contributed by atoms with Gasteiger partial charge in [0.2, 0.25) is 5.91 Å². The summed E-state index contributed by atoms with van der Waals surface area (Å²) in [5.41, 5.74) is 2.87. The summed E-state index contributed by atoms with van der Waals surface area (Å²) >= 11 is 0. The third-order valence-corrected chi connectivity index (χ3v) is 5.20. The van der Waals surface area contributed by atoms with E-state index in [4.69, 9.17) is 9.47 Å². The number of benzene rings is 2.